The van der Waals surface area contributed by atoms with E-state index in [4.69, 9.17) is 13.8 Å². The van der Waals surface area contributed by atoms with Gasteiger partial charge < -0.3 is 19.5 Å². The lowest BCUT2D eigenvalue weighted by atomic mass is 10.1. The van der Waals surface area contributed by atoms with Crippen LogP contribution >= 0.6 is 7.60 Å². The van der Waals surface area contributed by atoms with Gasteiger partial charge in [-0.2, -0.15) is 0 Å². The van der Waals surface area contributed by atoms with Gasteiger partial charge in [0.25, 0.3) is 0 Å². The molecule has 4 atom stereocenters. The second-order valence-electron chi connectivity index (χ2n) is 4.68. The molecule has 0 saturated carbocycles. The lowest BCUT2D eigenvalue weighted by Gasteiger charge is -2.35. The molecule has 112 valence electrons. The Morgan fingerprint density at radius 3 is 2.70 bits per heavy atom. The molecule has 1 heterocycles. The third-order valence-electron chi connectivity index (χ3n) is 3.15. The van der Waals surface area contributed by atoms with Crippen molar-refractivity contribution in [1.29, 1.82) is 0 Å². The van der Waals surface area contributed by atoms with Crippen molar-refractivity contribution in [1.82, 2.24) is 0 Å². The highest BCUT2D eigenvalue weighted by Gasteiger charge is 2.43. The number of ether oxygens (including phenoxy) is 1. The molecule has 2 rings (SSSR count). The number of hydrogen-bond donors (Lipinski definition) is 2. The van der Waals surface area contributed by atoms with Gasteiger partial charge in [0.2, 0.25) is 0 Å². The summed E-state index contributed by atoms with van der Waals surface area (Å²) in [7, 11) is -2.09. The van der Waals surface area contributed by atoms with Crippen LogP contribution in [0.4, 0.5) is 0 Å². The maximum Gasteiger partial charge on any atom is 0.333 e. The molecule has 1 aromatic rings. The molecule has 20 heavy (non-hydrogen) atoms. The van der Waals surface area contributed by atoms with Crippen LogP contribution in [0.1, 0.15) is 5.56 Å². The summed E-state index contributed by atoms with van der Waals surface area (Å²) in [5.41, 5.74) is 0.980. The Kier molecular flexibility index (Phi) is 5.32. The molecule has 0 aliphatic carbocycles. The first-order chi connectivity index (χ1) is 9.54. The number of rotatable bonds is 5. The third-order valence-corrected chi connectivity index (χ3v) is 5.12. The molecular formula is C13H19O6P. The molecule has 2 N–H and O–H groups in total. The molecule has 1 saturated heterocycles. The first-order valence-electron chi connectivity index (χ1n) is 6.35. The summed E-state index contributed by atoms with van der Waals surface area (Å²) in [6, 6.07) is 9.52. The van der Waals surface area contributed by atoms with Crippen LogP contribution in [-0.4, -0.2) is 48.4 Å². The third kappa shape index (κ3) is 3.88. The van der Waals surface area contributed by atoms with E-state index in [0.717, 1.165) is 5.56 Å². The molecule has 7 heteroatoms. The predicted molar refractivity (Wildman–Crippen MR) is 72.5 cm³/mol. The van der Waals surface area contributed by atoms with Crippen LogP contribution in [0.25, 0.3) is 0 Å². The predicted octanol–water partition coefficient (Wildman–Crippen LogP) is 1.16. The van der Waals surface area contributed by atoms with E-state index in [9.17, 15) is 14.8 Å². The van der Waals surface area contributed by atoms with Crippen LogP contribution in [0, 0.1) is 0 Å². The zero-order chi connectivity index (χ0) is 14.6. The van der Waals surface area contributed by atoms with Gasteiger partial charge in [-0.3, -0.25) is 9.09 Å². The highest BCUT2D eigenvalue weighted by Crippen LogP contribution is 2.52. The molecule has 0 radical (unpaired) electrons. The maximum absolute atomic E-state index is 12.0. The Labute approximate surface area is 117 Å². The average Bonchev–Trinajstić information content (AvgIpc) is 2.45. The number of hydrogen-bond acceptors (Lipinski definition) is 6. The fraction of sp³-hybridized carbons (Fsp3) is 0.538. The molecule has 1 aromatic carbocycles. The fourth-order valence-corrected chi connectivity index (χ4v) is 3.60. The molecule has 0 amide bonds. The minimum atomic E-state index is -3.35. The minimum Gasteiger partial charge on any atom is -0.390 e. The molecule has 0 unspecified atom stereocenters. The Balaban J connectivity index is 1.89. The van der Waals surface area contributed by atoms with Crippen molar-refractivity contribution in [2.24, 2.45) is 0 Å². The first-order valence-corrected chi connectivity index (χ1v) is 8.08. The van der Waals surface area contributed by atoms with Crippen molar-refractivity contribution in [3.63, 3.8) is 0 Å². The standard InChI is InChI=1S/C13H19O6P/c1-17-20(16)9-11(14)13(15)12(19-20)8-18-7-10-5-3-2-4-6-10/h2-6,11-15H,7-9H2,1H3/t11-,12+,13-,20+/m0/s1. The number of aliphatic hydroxyl groups excluding tert-OH is 2. The number of benzene rings is 1. The van der Waals surface area contributed by atoms with E-state index >= 15 is 0 Å². The molecule has 0 spiro atoms. The molecule has 6 nitrogen and oxygen atoms in total. The Morgan fingerprint density at radius 1 is 1.35 bits per heavy atom. The summed E-state index contributed by atoms with van der Waals surface area (Å²) in [5, 5.41) is 19.5. The van der Waals surface area contributed by atoms with E-state index in [2.05, 4.69) is 0 Å². The summed E-state index contributed by atoms with van der Waals surface area (Å²) in [6.45, 7) is 0.376. The highest BCUT2D eigenvalue weighted by atomic mass is 31.2. The van der Waals surface area contributed by atoms with E-state index in [-0.39, 0.29) is 12.8 Å². The monoisotopic (exact) mass is 302 g/mol. The minimum absolute atomic E-state index is 0.0282. The van der Waals surface area contributed by atoms with Crippen LogP contribution < -0.4 is 0 Å². The molecule has 1 fully saturated rings. The van der Waals surface area contributed by atoms with Gasteiger partial charge in [-0.05, 0) is 5.56 Å². The summed E-state index contributed by atoms with van der Waals surface area (Å²) >= 11 is 0. The largest absolute Gasteiger partial charge is 0.390 e. The molecular weight excluding hydrogens is 283 g/mol. The maximum atomic E-state index is 12.0. The van der Waals surface area contributed by atoms with Crippen molar-refractivity contribution >= 4 is 7.60 Å². The van der Waals surface area contributed by atoms with Gasteiger partial charge in [0.1, 0.15) is 12.2 Å². The normalized spacial score (nSPS) is 34.0. The average molecular weight is 302 g/mol. The van der Waals surface area contributed by atoms with Crippen molar-refractivity contribution < 1.29 is 28.6 Å². The van der Waals surface area contributed by atoms with E-state index in [1.165, 1.54) is 7.11 Å². The second kappa shape index (κ2) is 6.80. The molecule has 0 aromatic heterocycles. The van der Waals surface area contributed by atoms with Crippen molar-refractivity contribution in [2.75, 3.05) is 19.9 Å². The summed E-state index contributed by atoms with van der Waals surface area (Å²) in [4.78, 5) is 0. The van der Waals surface area contributed by atoms with Crippen LogP contribution in [-0.2, 0) is 25.0 Å². The van der Waals surface area contributed by atoms with E-state index in [1.807, 2.05) is 30.3 Å². The van der Waals surface area contributed by atoms with Gasteiger partial charge in [-0.25, -0.2) is 0 Å². The second-order valence-corrected chi connectivity index (χ2v) is 6.84. The molecule has 1 aliphatic heterocycles. The van der Waals surface area contributed by atoms with Gasteiger partial charge in [0.05, 0.1) is 25.5 Å². The van der Waals surface area contributed by atoms with Gasteiger partial charge in [0, 0.05) is 7.11 Å². The van der Waals surface area contributed by atoms with Gasteiger partial charge in [-0.15, -0.1) is 0 Å². The van der Waals surface area contributed by atoms with Crippen LogP contribution in [0.3, 0.4) is 0 Å². The summed E-state index contributed by atoms with van der Waals surface area (Å²) < 4.78 is 27.5. The Bertz CT molecular complexity index is 465. The lowest BCUT2D eigenvalue weighted by molar-refractivity contribution is -0.0927. The Morgan fingerprint density at radius 2 is 2.05 bits per heavy atom. The lowest BCUT2D eigenvalue weighted by Crippen LogP contribution is -2.47. The van der Waals surface area contributed by atoms with Crippen LogP contribution in [0.15, 0.2) is 30.3 Å². The van der Waals surface area contributed by atoms with Gasteiger partial charge >= 0.3 is 7.60 Å². The highest BCUT2D eigenvalue weighted by molar-refractivity contribution is 7.54. The van der Waals surface area contributed by atoms with Crippen molar-refractivity contribution in [3.8, 4) is 0 Å². The van der Waals surface area contributed by atoms with E-state index in [0.29, 0.717) is 6.61 Å². The van der Waals surface area contributed by atoms with Crippen LogP contribution in [0.5, 0.6) is 0 Å². The summed E-state index contributed by atoms with van der Waals surface area (Å²) in [5.74, 6) is 0. The number of aliphatic hydroxyl groups is 2. The van der Waals surface area contributed by atoms with Gasteiger partial charge in [-0.1, -0.05) is 30.3 Å². The Hall–Kier alpha value is -0.750. The van der Waals surface area contributed by atoms with E-state index in [1.54, 1.807) is 0 Å². The van der Waals surface area contributed by atoms with Crippen LogP contribution in [0.2, 0.25) is 0 Å². The quantitative estimate of drug-likeness (QED) is 0.794. The topological polar surface area (TPSA) is 85.2 Å². The van der Waals surface area contributed by atoms with E-state index < -0.39 is 25.9 Å². The molecule has 1 aliphatic rings. The zero-order valence-corrected chi connectivity index (χ0v) is 12.1. The summed E-state index contributed by atoms with van der Waals surface area (Å²) in [6.07, 6.45) is -3.35. The molecule has 0 bridgehead atoms. The zero-order valence-electron chi connectivity index (χ0n) is 11.2. The SMILES string of the molecule is CO[P@]1(=O)C[C@H](O)[C@H](O)[C@@H](COCc2ccccc2)O1. The first kappa shape index (κ1) is 15.6. The van der Waals surface area contributed by atoms with Gasteiger partial charge in [0.15, 0.2) is 0 Å². The smallest absolute Gasteiger partial charge is 0.333 e. The van der Waals surface area contributed by atoms with Crippen molar-refractivity contribution in [3.05, 3.63) is 35.9 Å². The fourth-order valence-electron chi connectivity index (χ4n) is 2.01. The van der Waals surface area contributed by atoms with Crippen molar-refractivity contribution in [2.45, 2.75) is 24.9 Å².